The number of ether oxygens (including phenoxy) is 1. The SMILES string of the molecule is C#Cc1ccccc1C(C(=O)Nc1c(C)cccc1C)N(CCO)C(=O)C(Cc1ccc(O)cc1)NC(=O)OC(C)(C)C. The molecule has 0 aliphatic carbocycles. The molecule has 3 aromatic carbocycles. The highest BCUT2D eigenvalue weighted by Gasteiger charge is 2.37. The predicted octanol–water partition coefficient (Wildman–Crippen LogP) is 4.63. The number of rotatable bonds is 10. The summed E-state index contributed by atoms with van der Waals surface area (Å²) in [6.45, 7) is 8.13. The van der Waals surface area contributed by atoms with Gasteiger partial charge in [-0.05, 0) is 75.1 Å². The van der Waals surface area contributed by atoms with E-state index in [1.165, 1.54) is 17.0 Å². The topological polar surface area (TPSA) is 128 Å². The molecule has 3 rings (SSSR count). The number of anilines is 1. The van der Waals surface area contributed by atoms with Crippen molar-refractivity contribution < 1.29 is 29.3 Å². The van der Waals surface area contributed by atoms with Gasteiger partial charge in [0.15, 0.2) is 0 Å². The van der Waals surface area contributed by atoms with Crippen LogP contribution in [-0.2, 0) is 20.7 Å². The summed E-state index contributed by atoms with van der Waals surface area (Å²) in [5.74, 6) is 1.46. The molecule has 0 spiro atoms. The van der Waals surface area contributed by atoms with E-state index in [0.717, 1.165) is 11.1 Å². The third-order valence-corrected chi connectivity index (χ3v) is 6.69. The van der Waals surface area contributed by atoms with Gasteiger partial charge in [-0.3, -0.25) is 9.59 Å². The first-order valence-electron chi connectivity index (χ1n) is 14.0. The molecule has 226 valence electrons. The molecule has 9 nitrogen and oxygen atoms in total. The minimum absolute atomic E-state index is 0.0162. The van der Waals surface area contributed by atoms with Crippen LogP contribution in [0.5, 0.6) is 5.75 Å². The number of carbonyl (C=O) groups excluding carboxylic acids is 3. The number of benzene rings is 3. The van der Waals surface area contributed by atoms with Crippen LogP contribution in [0.15, 0.2) is 66.7 Å². The van der Waals surface area contributed by atoms with Crippen LogP contribution in [0.3, 0.4) is 0 Å². The Morgan fingerprint density at radius 1 is 0.977 bits per heavy atom. The molecule has 43 heavy (non-hydrogen) atoms. The van der Waals surface area contributed by atoms with E-state index >= 15 is 0 Å². The summed E-state index contributed by atoms with van der Waals surface area (Å²) in [5.41, 5.74) is 2.84. The lowest BCUT2D eigenvalue weighted by Gasteiger charge is -2.34. The number of aromatic hydroxyl groups is 1. The first-order valence-corrected chi connectivity index (χ1v) is 14.0. The van der Waals surface area contributed by atoms with Crippen LogP contribution in [0.2, 0.25) is 0 Å². The number of aliphatic hydroxyl groups is 1. The number of aryl methyl sites for hydroxylation is 2. The average Bonchev–Trinajstić information content (AvgIpc) is 2.94. The summed E-state index contributed by atoms with van der Waals surface area (Å²) in [4.78, 5) is 42.6. The quantitative estimate of drug-likeness (QED) is 0.257. The van der Waals surface area contributed by atoms with Crippen LogP contribution in [0.4, 0.5) is 10.5 Å². The molecule has 4 N–H and O–H groups in total. The van der Waals surface area contributed by atoms with Gasteiger partial charge in [-0.2, -0.15) is 0 Å². The molecule has 0 radical (unpaired) electrons. The second-order valence-electron chi connectivity index (χ2n) is 11.2. The smallest absolute Gasteiger partial charge is 0.408 e. The van der Waals surface area contributed by atoms with Crippen LogP contribution >= 0.6 is 0 Å². The zero-order chi connectivity index (χ0) is 31.7. The van der Waals surface area contributed by atoms with Crippen molar-refractivity contribution in [3.05, 3.63) is 94.5 Å². The first kappa shape index (κ1) is 32.7. The zero-order valence-electron chi connectivity index (χ0n) is 25.2. The lowest BCUT2D eigenvalue weighted by atomic mass is 9.96. The predicted molar refractivity (Wildman–Crippen MR) is 165 cm³/mol. The molecule has 0 bridgehead atoms. The molecule has 0 saturated heterocycles. The number of alkyl carbamates (subject to hydrolysis) is 1. The maximum Gasteiger partial charge on any atom is 0.408 e. The van der Waals surface area contributed by atoms with E-state index in [0.29, 0.717) is 22.4 Å². The van der Waals surface area contributed by atoms with Crippen LogP contribution < -0.4 is 10.6 Å². The normalized spacial score (nSPS) is 12.4. The number of nitrogens with one attached hydrogen (secondary N) is 2. The lowest BCUT2D eigenvalue weighted by Crippen LogP contribution is -2.54. The van der Waals surface area contributed by atoms with Gasteiger partial charge in [0.25, 0.3) is 5.91 Å². The van der Waals surface area contributed by atoms with Gasteiger partial charge in [0, 0.05) is 24.2 Å². The molecule has 0 fully saturated rings. The van der Waals surface area contributed by atoms with Gasteiger partial charge in [-0.25, -0.2) is 4.79 Å². The Labute approximate surface area is 252 Å². The molecule has 2 unspecified atom stereocenters. The summed E-state index contributed by atoms with van der Waals surface area (Å²) in [6.07, 6.45) is 5.00. The van der Waals surface area contributed by atoms with E-state index in [-0.39, 0.29) is 18.7 Å². The fraction of sp³-hybridized carbons (Fsp3) is 0.324. The van der Waals surface area contributed by atoms with E-state index in [9.17, 15) is 24.6 Å². The summed E-state index contributed by atoms with van der Waals surface area (Å²) >= 11 is 0. The van der Waals surface area contributed by atoms with E-state index in [4.69, 9.17) is 11.2 Å². The van der Waals surface area contributed by atoms with Gasteiger partial charge in [0.1, 0.15) is 23.4 Å². The molecule has 3 amide bonds. The van der Waals surface area contributed by atoms with Gasteiger partial charge in [0.05, 0.1) is 6.61 Å². The number of carbonyl (C=O) groups is 3. The standard InChI is InChI=1S/C34H39N3O6/c1-7-25-13-8-9-14-27(25)30(31(40)36-29-22(2)11-10-12-23(29)3)37(19-20-38)32(41)28(35-33(42)43-34(4,5)6)21-24-15-17-26(39)18-16-24/h1,8-18,28,30,38-39H,19-21H2,2-6H3,(H,35,42)(H,36,40). The largest absolute Gasteiger partial charge is 0.508 e. The van der Waals surface area contributed by atoms with E-state index in [2.05, 4.69) is 16.6 Å². The van der Waals surface area contributed by atoms with Crippen molar-refractivity contribution in [2.75, 3.05) is 18.5 Å². The Kier molecular flexibility index (Phi) is 10.9. The van der Waals surface area contributed by atoms with Crippen molar-refractivity contribution in [2.45, 2.75) is 58.7 Å². The molecule has 0 aliphatic heterocycles. The van der Waals surface area contributed by atoms with E-state index in [1.54, 1.807) is 57.2 Å². The summed E-state index contributed by atoms with van der Waals surface area (Å²) < 4.78 is 5.43. The third-order valence-electron chi connectivity index (χ3n) is 6.69. The average molecular weight is 586 g/mol. The number of nitrogens with zero attached hydrogens (tertiary/aromatic N) is 1. The van der Waals surface area contributed by atoms with Crippen molar-refractivity contribution in [2.24, 2.45) is 0 Å². The van der Waals surface area contributed by atoms with Crippen molar-refractivity contribution in [3.8, 4) is 18.1 Å². The van der Waals surface area contributed by atoms with Gasteiger partial charge in [-0.15, -0.1) is 6.42 Å². The van der Waals surface area contributed by atoms with Crippen LogP contribution in [0.1, 0.15) is 54.6 Å². The highest BCUT2D eigenvalue weighted by atomic mass is 16.6. The monoisotopic (exact) mass is 585 g/mol. The maximum absolute atomic E-state index is 14.4. The number of hydrogen-bond acceptors (Lipinski definition) is 6. The summed E-state index contributed by atoms with van der Waals surface area (Å²) in [6, 6.07) is 16.1. The lowest BCUT2D eigenvalue weighted by molar-refractivity contribution is -0.141. The highest BCUT2D eigenvalue weighted by Crippen LogP contribution is 2.29. The zero-order valence-corrected chi connectivity index (χ0v) is 25.2. The van der Waals surface area contributed by atoms with E-state index in [1.807, 2.05) is 32.0 Å². The summed E-state index contributed by atoms with van der Waals surface area (Å²) in [5, 5.41) is 25.5. The molecule has 0 heterocycles. The molecule has 0 aliphatic rings. The van der Waals surface area contributed by atoms with Gasteiger partial charge >= 0.3 is 6.09 Å². The molecule has 0 saturated carbocycles. The molecule has 3 aromatic rings. The first-order chi connectivity index (χ1) is 20.3. The summed E-state index contributed by atoms with van der Waals surface area (Å²) in [7, 11) is 0. The third kappa shape index (κ3) is 8.84. The number of phenolic OH excluding ortho intramolecular Hbond substituents is 1. The number of amides is 3. The number of phenols is 1. The number of aliphatic hydroxyl groups excluding tert-OH is 1. The van der Waals surface area contributed by atoms with Crippen molar-refractivity contribution in [1.29, 1.82) is 0 Å². The molecule has 0 aromatic heterocycles. The fourth-order valence-corrected chi connectivity index (χ4v) is 4.71. The van der Waals surface area contributed by atoms with Gasteiger partial charge < -0.3 is 30.5 Å². The molecule has 2 atom stereocenters. The highest BCUT2D eigenvalue weighted by molar-refractivity contribution is 6.00. The van der Waals surface area contributed by atoms with Gasteiger partial charge in [0.2, 0.25) is 5.91 Å². The fourth-order valence-electron chi connectivity index (χ4n) is 4.71. The number of para-hydroxylation sites is 1. The Hall–Kier alpha value is -4.81. The Morgan fingerprint density at radius 3 is 2.19 bits per heavy atom. The van der Waals surface area contributed by atoms with Crippen LogP contribution in [-0.4, -0.2) is 57.8 Å². The second-order valence-corrected chi connectivity index (χ2v) is 11.2. The van der Waals surface area contributed by atoms with Crippen LogP contribution in [0.25, 0.3) is 0 Å². The molecular weight excluding hydrogens is 546 g/mol. The van der Waals surface area contributed by atoms with Gasteiger partial charge in [-0.1, -0.05) is 54.5 Å². The Morgan fingerprint density at radius 2 is 1.60 bits per heavy atom. The van der Waals surface area contributed by atoms with E-state index < -0.39 is 42.2 Å². The number of terminal acetylenes is 1. The minimum Gasteiger partial charge on any atom is -0.508 e. The minimum atomic E-state index is -1.26. The Bertz CT molecular complexity index is 1470. The molecule has 9 heteroatoms. The van der Waals surface area contributed by atoms with Crippen molar-refractivity contribution >= 4 is 23.6 Å². The molecular formula is C34H39N3O6. The Balaban J connectivity index is 2.11. The van der Waals surface area contributed by atoms with Crippen molar-refractivity contribution in [1.82, 2.24) is 10.2 Å². The second kappa shape index (κ2) is 14.4. The van der Waals surface area contributed by atoms with Crippen molar-refractivity contribution in [3.63, 3.8) is 0 Å². The maximum atomic E-state index is 14.4. The number of hydrogen-bond donors (Lipinski definition) is 4. The van der Waals surface area contributed by atoms with Crippen LogP contribution in [0, 0.1) is 26.2 Å².